The van der Waals surface area contributed by atoms with Gasteiger partial charge < -0.3 is 0 Å². The van der Waals surface area contributed by atoms with Gasteiger partial charge in [0, 0.05) is 0 Å². The Hall–Kier alpha value is -1.07. The monoisotopic (exact) mass is 174 g/mol. The van der Waals surface area contributed by atoms with Gasteiger partial charge in [-0.25, -0.2) is 14.7 Å². The summed E-state index contributed by atoms with van der Waals surface area (Å²) in [4.78, 5) is 7.60. The van der Waals surface area contributed by atoms with Gasteiger partial charge in [0.1, 0.15) is 17.7 Å². The standard InChI is InChI=1S/C7H8F2N2O/c1-4(12-10)7-5(8)2-11-3-6(7)9/h2-4H,10H2,1H3. The first-order valence-electron chi connectivity index (χ1n) is 3.31. The highest BCUT2D eigenvalue weighted by molar-refractivity contribution is 5.17. The molecule has 1 heterocycles. The first-order valence-corrected chi connectivity index (χ1v) is 3.31. The second-order valence-corrected chi connectivity index (χ2v) is 2.30. The fourth-order valence-corrected chi connectivity index (χ4v) is 0.878. The molecular weight excluding hydrogens is 166 g/mol. The normalized spacial score (nSPS) is 13.0. The number of nitrogens with two attached hydrogens (primary N) is 1. The summed E-state index contributed by atoms with van der Waals surface area (Å²) in [6, 6.07) is 0. The lowest BCUT2D eigenvalue weighted by molar-refractivity contribution is 0.0610. The summed E-state index contributed by atoms with van der Waals surface area (Å²) in [6.07, 6.45) is 1.01. The minimum Gasteiger partial charge on any atom is -0.297 e. The maximum absolute atomic E-state index is 12.8. The Morgan fingerprint density at radius 2 is 1.92 bits per heavy atom. The number of hydrogen-bond donors (Lipinski definition) is 1. The van der Waals surface area contributed by atoms with Crippen molar-refractivity contribution in [3.8, 4) is 0 Å². The van der Waals surface area contributed by atoms with Crippen LogP contribution >= 0.6 is 0 Å². The molecular formula is C7H8F2N2O. The molecule has 0 aliphatic rings. The first kappa shape index (κ1) is 9.02. The second kappa shape index (κ2) is 3.55. The van der Waals surface area contributed by atoms with Crippen LogP contribution in [0.2, 0.25) is 0 Å². The minimum absolute atomic E-state index is 0.201. The maximum atomic E-state index is 12.8. The number of aromatic nitrogens is 1. The molecule has 0 aliphatic carbocycles. The Kier molecular flexibility index (Phi) is 2.67. The highest BCUT2D eigenvalue weighted by Gasteiger charge is 2.15. The second-order valence-electron chi connectivity index (χ2n) is 2.30. The highest BCUT2D eigenvalue weighted by atomic mass is 19.1. The third-order valence-corrected chi connectivity index (χ3v) is 1.50. The summed E-state index contributed by atoms with van der Waals surface area (Å²) < 4.78 is 25.7. The Labute approximate surface area is 68.1 Å². The number of halogens is 2. The van der Waals surface area contributed by atoms with E-state index in [-0.39, 0.29) is 5.56 Å². The molecule has 5 heteroatoms. The Bertz CT molecular complexity index is 260. The third-order valence-electron chi connectivity index (χ3n) is 1.50. The van der Waals surface area contributed by atoms with E-state index in [1.54, 1.807) is 0 Å². The third kappa shape index (κ3) is 1.57. The molecule has 1 unspecified atom stereocenters. The lowest BCUT2D eigenvalue weighted by atomic mass is 10.1. The molecule has 1 rings (SSSR count). The zero-order valence-electron chi connectivity index (χ0n) is 6.42. The van der Waals surface area contributed by atoms with Gasteiger partial charge in [0.2, 0.25) is 0 Å². The Morgan fingerprint density at radius 1 is 1.42 bits per heavy atom. The van der Waals surface area contributed by atoms with E-state index in [0.717, 1.165) is 12.4 Å². The van der Waals surface area contributed by atoms with E-state index < -0.39 is 17.7 Å². The highest BCUT2D eigenvalue weighted by Crippen LogP contribution is 2.20. The van der Waals surface area contributed by atoms with Gasteiger partial charge in [0.05, 0.1) is 18.0 Å². The van der Waals surface area contributed by atoms with Crippen molar-refractivity contribution in [3.05, 3.63) is 29.6 Å². The van der Waals surface area contributed by atoms with Crippen LogP contribution in [0.4, 0.5) is 8.78 Å². The van der Waals surface area contributed by atoms with Gasteiger partial charge in [-0.1, -0.05) is 0 Å². The number of rotatable bonds is 2. The van der Waals surface area contributed by atoms with Gasteiger partial charge in [0.25, 0.3) is 0 Å². The molecule has 1 atom stereocenters. The molecule has 1 aromatic heterocycles. The largest absolute Gasteiger partial charge is 0.297 e. The van der Waals surface area contributed by atoms with Crippen LogP contribution in [0.5, 0.6) is 0 Å². The minimum atomic E-state index is -0.812. The van der Waals surface area contributed by atoms with Crippen LogP contribution < -0.4 is 5.90 Å². The molecule has 0 fully saturated rings. The summed E-state index contributed by atoms with van der Waals surface area (Å²) in [5.41, 5.74) is -0.201. The van der Waals surface area contributed by atoms with Gasteiger partial charge in [-0.05, 0) is 6.92 Å². The topological polar surface area (TPSA) is 48.1 Å². The SMILES string of the molecule is CC(ON)c1c(F)cncc1F. The van der Waals surface area contributed by atoms with Crippen molar-refractivity contribution in [1.29, 1.82) is 0 Å². The average molecular weight is 174 g/mol. The molecule has 0 spiro atoms. The van der Waals surface area contributed by atoms with Crippen molar-refractivity contribution < 1.29 is 13.6 Å². The van der Waals surface area contributed by atoms with Crippen molar-refractivity contribution >= 4 is 0 Å². The van der Waals surface area contributed by atoms with Gasteiger partial charge in [-0.15, -0.1) is 0 Å². The van der Waals surface area contributed by atoms with Crippen molar-refractivity contribution in [2.24, 2.45) is 5.90 Å². The summed E-state index contributed by atoms with van der Waals surface area (Å²) in [5.74, 6) is 3.28. The molecule has 12 heavy (non-hydrogen) atoms. The van der Waals surface area contributed by atoms with E-state index in [1.165, 1.54) is 6.92 Å². The van der Waals surface area contributed by atoms with E-state index in [1.807, 2.05) is 0 Å². The van der Waals surface area contributed by atoms with Crippen molar-refractivity contribution in [1.82, 2.24) is 4.98 Å². The van der Waals surface area contributed by atoms with Crippen LogP contribution in [0, 0.1) is 11.6 Å². The number of hydrogen-bond acceptors (Lipinski definition) is 3. The molecule has 0 saturated heterocycles. The molecule has 1 aromatic rings. The van der Waals surface area contributed by atoms with Crippen LogP contribution in [-0.2, 0) is 4.84 Å². The van der Waals surface area contributed by atoms with Crippen LogP contribution in [0.15, 0.2) is 12.4 Å². The van der Waals surface area contributed by atoms with Crippen LogP contribution in [-0.4, -0.2) is 4.98 Å². The smallest absolute Gasteiger partial charge is 0.150 e. The predicted octanol–water partition coefficient (Wildman–Crippen LogP) is 1.31. The lowest BCUT2D eigenvalue weighted by Crippen LogP contribution is -2.09. The molecule has 0 bridgehead atoms. The van der Waals surface area contributed by atoms with E-state index >= 15 is 0 Å². The average Bonchev–Trinajstić information content (AvgIpc) is 2.03. The van der Waals surface area contributed by atoms with Gasteiger partial charge in [-0.3, -0.25) is 9.82 Å². The molecule has 66 valence electrons. The zero-order valence-corrected chi connectivity index (χ0v) is 6.42. The number of nitrogens with zero attached hydrogens (tertiary/aromatic N) is 1. The lowest BCUT2D eigenvalue weighted by Gasteiger charge is -2.09. The predicted molar refractivity (Wildman–Crippen MR) is 37.8 cm³/mol. The fourth-order valence-electron chi connectivity index (χ4n) is 0.878. The fraction of sp³-hybridized carbons (Fsp3) is 0.286. The summed E-state index contributed by atoms with van der Waals surface area (Å²) in [7, 11) is 0. The molecule has 0 saturated carbocycles. The van der Waals surface area contributed by atoms with E-state index in [2.05, 4.69) is 9.82 Å². The summed E-state index contributed by atoms with van der Waals surface area (Å²) in [5, 5.41) is 0. The van der Waals surface area contributed by atoms with Gasteiger partial charge in [0.15, 0.2) is 0 Å². The van der Waals surface area contributed by atoms with Crippen LogP contribution in [0.1, 0.15) is 18.6 Å². The molecule has 2 N–H and O–H groups in total. The Balaban J connectivity index is 3.12. The van der Waals surface area contributed by atoms with Crippen molar-refractivity contribution in [2.75, 3.05) is 0 Å². The van der Waals surface area contributed by atoms with Gasteiger partial charge in [-0.2, -0.15) is 0 Å². The number of pyridine rings is 1. The molecule has 0 aliphatic heterocycles. The Morgan fingerprint density at radius 3 is 2.33 bits per heavy atom. The summed E-state index contributed by atoms with van der Waals surface area (Å²) in [6.45, 7) is 1.45. The van der Waals surface area contributed by atoms with Crippen molar-refractivity contribution in [3.63, 3.8) is 0 Å². The summed E-state index contributed by atoms with van der Waals surface area (Å²) >= 11 is 0. The van der Waals surface area contributed by atoms with Crippen molar-refractivity contribution in [2.45, 2.75) is 13.0 Å². The van der Waals surface area contributed by atoms with Crippen LogP contribution in [0.3, 0.4) is 0 Å². The van der Waals surface area contributed by atoms with E-state index in [4.69, 9.17) is 5.90 Å². The zero-order chi connectivity index (χ0) is 9.14. The maximum Gasteiger partial charge on any atom is 0.150 e. The van der Waals surface area contributed by atoms with Crippen LogP contribution in [0.25, 0.3) is 0 Å². The first-order chi connectivity index (χ1) is 5.66. The van der Waals surface area contributed by atoms with E-state index in [0.29, 0.717) is 0 Å². The molecule has 0 amide bonds. The van der Waals surface area contributed by atoms with E-state index in [9.17, 15) is 8.78 Å². The molecule has 0 aromatic carbocycles. The quantitative estimate of drug-likeness (QED) is 0.687. The molecule has 3 nitrogen and oxygen atoms in total. The van der Waals surface area contributed by atoms with Gasteiger partial charge >= 0.3 is 0 Å². The molecule has 0 radical (unpaired) electrons.